The Morgan fingerprint density at radius 1 is 1.24 bits per heavy atom. The Labute approximate surface area is 134 Å². The van der Waals surface area contributed by atoms with Crippen molar-refractivity contribution < 1.29 is 9.15 Å². The molecule has 0 aliphatic carbocycles. The minimum Gasteiger partial charge on any atom is -0.458 e. The van der Waals surface area contributed by atoms with Crippen LogP contribution >= 0.6 is 15.9 Å². The topological polar surface area (TPSA) is 34.4 Å². The van der Waals surface area contributed by atoms with E-state index in [-0.39, 0.29) is 12.2 Å². The number of fused-ring (bicyclic) bond motifs is 1. The van der Waals surface area contributed by atoms with Crippen molar-refractivity contribution in [3.8, 4) is 0 Å². The molecule has 3 nitrogen and oxygen atoms in total. The quantitative estimate of drug-likeness (QED) is 0.869. The highest BCUT2D eigenvalue weighted by molar-refractivity contribution is 9.10. The van der Waals surface area contributed by atoms with Gasteiger partial charge >= 0.3 is 0 Å². The lowest BCUT2D eigenvalue weighted by Crippen LogP contribution is -2.44. The summed E-state index contributed by atoms with van der Waals surface area (Å²) < 4.78 is 13.3. The summed E-state index contributed by atoms with van der Waals surface area (Å²) in [6.45, 7) is 6.23. The van der Waals surface area contributed by atoms with Crippen molar-refractivity contribution in [2.24, 2.45) is 5.92 Å². The summed E-state index contributed by atoms with van der Waals surface area (Å²) >= 11 is 3.50. The molecule has 4 heteroatoms. The molecule has 0 bridgehead atoms. The number of ether oxygens (including phenoxy) is 1. The van der Waals surface area contributed by atoms with Gasteiger partial charge in [0.25, 0.3) is 0 Å². The van der Waals surface area contributed by atoms with Crippen molar-refractivity contribution in [3.63, 3.8) is 0 Å². The number of hydrogen-bond acceptors (Lipinski definition) is 3. The molecule has 1 aliphatic heterocycles. The van der Waals surface area contributed by atoms with Gasteiger partial charge in [-0.05, 0) is 30.2 Å². The molecule has 2 unspecified atom stereocenters. The molecule has 2 heterocycles. The summed E-state index contributed by atoms with van der Waals surface area (Å²) in [6, 6.07) is 8.18. The van der Waals surface area contributed by atoms with Crippen LogP contribution in [0.25, 0.3) is 11.0 Å². The zero-order chi connectivity index (χ0) is 14.8. The second-order valence-corrected chi connectivity index (χ2v) is 6.64. The van der Waals surface area contributed by atoms with E-state index in [1.807, 2.05) is 12.1 Å². The van der Waals surface area contributed by atoms with Crippen LogP contribution in [-0.2, 0) is 4.74 Å². The van der Waals surface area contributed by atoms with E-state index in [1.54, 1.807) is 0 Å². The minimum absolute atomic E-state index is 0.00975. The van der Waals surface area contributed by atoms with Crippen molar-refractivity contribution >= 4 is 26.9 Å². The van der Waals surface area contributed by atoms with Gasteiger partial charge in [0.15, 0.2) is 0 Å². The molecule has 0 amide bonds. The number of hydrogen-bond donors (Lipinski definition) is 1. The Morgan fingerprint density at radius 2 is 2.05 bits per heavy atom. The van der Waals surface area contributed by atoms with Gasteiger partial charge in [0, 0.05) is 22.9 Å². The van der Waals surface area contributed by atoms with Crippen LogP contribution < -0.4 is 5.32 Å². The van der Waals surface area contributed by atoms with Gasteiger partial charge in [-0.3, -0.25) is 0 Å². The van der Waals surface area contributed by atoms with Gasteiger partial charge < -0.3 is 14.5 Å². The Bertz CT molecular complexity index is 606. The molecule has 114 valence electrons. The summed E-state index contributed by atoms with van der Waals surface area (Å²) in [5, 5.41) is 4.61. The molecule has 1 N–H and O–H groups in total. The number of rotatable bonds is 4. The van der Waals surface area contributed by atoms with E-state index in [0.717, 1.165) is 47.1 Å². The molecule has 1 fully saturated rings. The van der Waals surface area contributed by atoms with Gasteiger partial charge in [-0.1, -0.05) is 42.6 Å². The Kier molecular flexibility index (Phi) is 4.67. The first-order valence-corrected chi connectivity index (χ1v) is 8.55. The Hall–Kier alpha value is -0.840. The smallest absolute Gasteiger partial charge is 0.135 e. The molecule has 1 aromatic heterocycles. The standard InChI is InChI=1S/C17H22BrNO2/c1-3-11(4-2)16-9-19-10-17(21-16)15-8-12-7-13(18)5-6-14(12)20-15/h5-8,11,16-17,19H,3-4,9-10H2,1-2H3. The predicted molar refractivity (Wildman–Crippen MR) is 88.5 cm³/mol. The molecule has 2 atom stereocenters. The first-order chi connectivity index (χ1) is 10.2. The zero-order valence-electron chi connectivity index (χ0n) is 12.6. The maximum Gasteiger partial charge on any atom is 0.135 e. The first kappa shape index (κ1) is 15.1. The Balaban J connectivity index is 1.81. The van der Waals surface area contributed by atoms with Crippen molar-refractivity contribution in [1.29, 1.82) is 0 Å². The van der Waals surface area contributed by atoms with Crippen LogP contribution in [0.3, 0.4) is 0 Å². The highest BCUT2D eigenvalue weighted by atomic mass is 79.9. The van der Waals surface area contributed by atoms with Crippen molar-refractivity contribution in [3.05, 3.63) is 34.5 Å². The Morgan fingerprint density at radius 3 is 2.81 bits per heavy atom. The summed E-state index contributed by atoms with van der Waals surface area (Å²) in [7, 11) is 0. The number of nitrogens with one attached hydrogen (secondary N) is 1. The molecule has 0 radical (unpaired) electrons. The number of morpholine rings is 1. The van der Waals surface area contributed by atoms with Gasteiger partial charge in [-0.2, -0.15) is 0 Å². The number of halogens is 1. The van der Waals surface area contributed by atoms with E-state index < -0.39 is 0 Å². The number of furan rings is 1. The van der Waals surface area contributed by atoms with Gasteiger partial charge in [0.05, 0.1) is 6.10 Å². The van der Waals surface area contributed by atoms with Crippen molar-refractivity contribution in [2.75, 3.05) is 13.1 Å². The maximum atomic E-state index is 6.31. The van der Waals surface area contributed by atoms with Gasteiger partial charge in [-0.15, -0.1) is 0 Å². The zero-order valence-corrected chi connectivity index (χ0v) is 14.2. The van der Waals surface area contributed by atoms with Crippen LogP contribution in [0, 0.1) is 5.92 Å². The average Bonchev–Trinajstić information content (AvgIpc) is 2.92. The molecule has 1 aromatic carbocycles. The van der Waals surface area contributed by atoms with Crippen LogP contribution in [0.2, 0.25) is 0 Å². The van der Waals surface area contributed by atoms with Crippen LogP contribution in [0.5, 0.6) is 0 Å². The minimum atomic E-state index is 0.00975. The summed E-state index contributed by atoms with van der Waals surface area (Å²) in [4.78, 5) is 0. The van der Waals surface area contributed by atoms with Crippen LogP contribution in [0.15, 0.2) is 33.2 Å². The van der Waals surface area contributed by atoms with E-state index in [4.69, 9.17) is 9.15 Å². The summed E-state index contributed by atoms with van der Waals surface area (Å²) in [5.74, 6) is 1.53. The normalized spacial score (nSPS) is 23.0. The van der Waals surface area contributed by atoms with Gasteiger partial charge in [-0.25, -0.2) is 0 Å². The number of benzene rings is 1. The highest BCUT2D eigenvalue weighted by Gasteiger charge is 2.29. The second kappa shape index (κ2) is 6.51. The monoisotopic (exact) mass is 351 g/mol. The average molecular weight is 352 g/mol. The van der Waals surface area contributed by atoms with Crippen molar-refractivity contribution in [2.45, 2.75) is 38.9 Å². The van der Waals surface area contributed by atoms with E-state index >= 15 is 0 Å². The van der Waals surface area contributed by atoms with E-state index in [9.17, 15) is 0 Å². The van der Waals surface area contributed by atoms with E-state index in [2.05, 4.69) is 47.2 Å². The lowest BCUT2D eigenvalue weighted by molar-refractivity contribution is -0.0762. The molecule has 0 saturated carbocycles. The third-order valence-electron chi connectivity index (χ3n) is 4.40. The molecule has 1 aliphatic rings. The van der Waals surface area contributed by atoms with Gasteiger partial charge in [0.2, 0.25) is 0 Å². The fourth-order valence-electron chi connectivity index (χ4n) is 3.12. The van der Waals surface area contributed by atoms with Crippen LogP contribution in [0.4, 0.5) is 0 Å². The first-order valence-electron chi connectivity index (χ1n) is 7.76. The lowest BCUT2D eigenvalue weighted by Gasteiger charge is -2.34. The SMILES string of the molecule is CCC(CC)C1CNCC(c2cc3cc(Br)ccc3o2)O1. The second-order valence-electron chi connectivity index (χ2n) is 5.73. The summed E-state index contributed by atoms with van der Waals surface area (Å²) in [5.41, 5.74) is 0.918. The van der Waals surface area contributed by atoms with Crippen LogP contribution in [0.1, 0.15) is 38.6 Å². The fraction of sp³-hybridized carbons (Fsp3) is 0.529. The lowest BCUT2D eigenvalue weighted by atomic mass is 9.95. The molecule has 0 spiro atoms. The molecule has 1 saturated heterocycles. The fourth-order valence-corrected chi connectivity index (χ4v) is 3.50. The largest absolute Gasteiger partial charge is 0.458 e. The molecule has 21 heavy (non-hydrogen) atoms. The molecule has 3 rings (SSSR count). The molecule has 2 aromatic rings. The highest BCUT2D eigenvalue weighted by Crippen LogP contribution is 2.31. The van der Waals surface area contributed by atoms with E-state index in [1.165, 1.54) is 0 Å². The van der Waals surface area contributed by atoms with Crippen LogP contribution in [-0.4, -0.2) is 19.2 Å². The van der Waals surface area contributed by atoms with Gasteiger partial charge in [0.1, 0.15) is 17.4 Å². The predicted octanol–water partition coefficient (Wildman–Crippen LogP) is 4.66. The third-order valence-corrected chi connectivity index (χ3v) is 4.90. The van der Waals surface area contributed by atoms with E-state index in [0.29, 0.717) is 5.92 Å². The molecular weight excluding hydrogens is 330 g/mol. The third kappa shape index (κ3) is 3.17. The summed E-state index contributed by atoms with van der Waals surface area (Å²) in [6.07, 6.45) is 2.60. The maximum absolute atomic E-state index is 6.31. The van der Waals surface area contributed by atoms with Crippen molar-refractivity contribution in [1.82, 2.24) is 5.32 Å². The molecular formula is C17H22BrNO2.